The van der Waals surface area contributed by atoms with Crippen LogP contribution in [0.3, 0.4) is 0 Å². The molecule has 2 aliphatic rings. The number of nitrogens with one attached hydrogen (secondary N) is 1. The number of nitrogens with zero attached hydrogens (tertiary/aromatic N) is 4. The highest BCUT2D eigenvalue weighted by atomic mass is 15.3. The van der Waals surface area contributed by atoms with Crippen molar-refractivity contribution in [3.8, 4) is 0 Å². The van der Waals surface area contributed by atoms with Crippen LogP contribution < -0.4 is 5.32 Å². The summed E-state index contributed by atoms with van der Waals surface area (Å²) in [7, 11) is 0. The van der Waals surface area contributed by atoms with Crippen molar-refractivity contribution in [3.63, 3.8) is 0 Å². The molecule has 0 spiro atoms. The molecule has 1 fully saturated rings. The second-order valence-corrected chi connectivity index (χ2v) is 4.80. The lowest BCUT2D eigenvalue weighted by molar-refractivity contribution is 0.214. The van der Waals surface area contributed by atoms with Gasteiger partial charge >= 0.3 is 0 Å². The number of fused-ring (bicyclic) bond motifs is 1. The Bertz CT molecular complexity index is 344. The molecule has 3 rings (SSSR count). The largest absolute Gasteiger partial charge is 0.315 e. The summed E-state index contributed by atoms with van der Waals surface area (Å²) in [5.41, 5.74) is 0. The molecule has 1 aliphatic heterocycles. The molecule has 5 heteroatoms. The minimum Gasteiger partial charge on any atom is -0.315 e. The van der Waals surface area contributed by atoms with E-state index in [-0.39, 0.29) is 0 Å². The molecule has 2 heterocycles. The Morgan fingerprint density at radius 2 is 2.31 bits per heavy atom. The van der Waals surface area contributed by atoms with Gasteiger partial charge in [0.05, 0.1) is 6.54 Å². The predicted molar refractivity (Wildman–Crippen MR) is 60.9 cm³/mol. The fraction of sp³-hybridized carbons (Fsp3) is 0.818. The van der Waals surface area contributed by atoms with Crippen molar-refractivity contribution in [1.29, 1.82) is 0 Å². The van der Waals surface area contributed by atoms with Gasteiger partial charge in [0.25, 0.3) is 0 Å². The molecule has 1 aromatic heterocycles. The summed E-state index contributed by atoms with van der Waals surface area (Å²) in [4.78, 5) is 2.47. The third-order valence-corrected chi connectivity index (χ3v) is 3.38. The lowest BCUT2D eigenvalue weighted by atomic mass is 10.3. The van der Waals surface area contributed by atoms with Crippen LogP contribution in [0.4, 0.5) is 0 Å². The molecule has 5 nitrogen and oxygen atoms in total. The van der Waals surface area contributed by atoms with Crippen molar-refractivity contribution < 1.29 is 0 Å². The van der Waals surface area contributed by atoms with E-state index in [0.717, 1.165) is 38.0 Å². The number of hydrogen-bond donors (Lipinski definition) is 1. The van der Waals surface area contributed by atoms with Gasteiger partial charge in [0, 0.05) is 19.1 Å². The van der Waals surface area contributed by atoms with Crippen LogP contribution in [0.2, 0.25) is 0 Å². The van der Waals surface area contributed by atoms with E-state index in [0.29, 0.717) is 0 Å². The van der Waals surface area contributed by atoms with Gasteiger partial charge in [0.1, 0.15) is 12.2 Å². The van der Waals surface area contributed by atoms with Gasteiger partial charge in [-0.1, -0.05) is 0 Å². The van der Waals surface area contributed by atoms with Gasteiger partial charge in [-0.15, -0.1) is 10.2 Å². The van der Waals surface area contributed by atoms with Crippen LogP contribution in [0.5, 0.6) is 0 Å². The van der Waals surface area contributed by atoms with E-state index in [1.165, 1.54) is 25.8 Å². The standard InChI is InChI=1S/C11H19N5/c1(4-12-10-2-3-10)5-15-6-7-16-9-13-14-11(16)8-15/h9-10,12H,1-8H2. The molecule has 0 bridgehead atoms. The van der Waals surface area contributed by atoms with Gasteiger partial charge in [0.2, 0.25) is 0 Å². The molecule has 1 saturated carbocycles. The maximum absolute atomic E-state index is 4.13. The minimum atomic E-state index is 0.837. The Kier molecular flexibility index (Phi) is 2.88. The van der Waals surface area contributed by atoms with Gasteiger partial charge < -0.3 is 9.88 Å². The molecule has 0 saturated heterocycles. The zero-order valence-electron chi connectivity index (χ0n) is 9.60. The fourth-order valence-electron chi connectivity index (χ4n) is 2.20. The summed E-state index contributed by atoms with van der Waals surface area (Å²) in [5, 5.41) is 11.6. The molecular weight excluding hydrogens is 202 g/mol. The van der Waals surface area contributed by atoms with E-state index in [9.17, 15) is 0 Å². The fourth-order valence-corrected chi connectivity index (χ4v) is 2.20. The minimum absolute atomic E-state index is 0.837. The van der Waals surface area contributed by atoms with Crippen molar-refractivity contribution in [3.05, 3.63) is 12.2 Å². The lowest BCUT2D eigenvalue weighted by Gasteiger charge is -2.26. The number of aromatic nitrogens is 3. The first kappa shape index (κ1) is 10.2. The van der Waals surface area contributed by atoms with Gasteiger partial charge in [-0.3, -0.25) is 4.90 Å². The lowest BCUT2D eigenvalue weighted by Crippen LogP contribution is -2.35. The molecule has 0 unspecified atom stereocenters. The van der Waals surface area contributed by atoms with Crippen molar-refractivity contribution in [1.82, 2.24) is 25.0 Å². The first-order valence-electron chi connectivity index (χ1n) is 6.24. The highest BCUT2D eigenvalue weighted by molar-refractivity contribution is 4.89. The second-order valence-electron chi connectivity index (χ2n) is 4.80. The molecule has 1 N–H and O–H groups in total. The van der Waals surface area contributed by atoms with E-state index in [2.05, 4.69) is 25.0 Å². The normalized spacial score (nSPS) is 21.0. The third kappa shape index (κ3) is 2.41. The number of rotatable bonds is 5. The Morgan fingerprint density at radius 1 is 1.38 bits per heavy atom. The summed E-state index contributed by atoms with van der Waals surface area (Å²) in [5.74, 6) is 1.11. The van der Waals surface area contributed by atoms with E-state index in [4.69, 9.17) is 0 Å². The third-order valence-electron chi connectivity index (χ3n) is 3.38. The van der Waals surface area contributed by atoms with Crippen LogP contribution >= 0.6 is 0 Å². The van der Waals surface area contributed by atoms with Crippen LogP contribution in [-0.4, -0.2) is 45.3 Å². The smallest absolute Gasteiger partial charge is 0.147 e. The van der Waals surface area contributed by atoms with E-state index in [1.807, 2.05) is 6.33 Å². The molecule has 0 radical (unpaired) electrons. The maximum Gasteiger partial charge on any atom is 0.147 e. The molecule has 16 heavy (non-hydrogen) atoms. The molecule has 0 aromatic carbocycles. The maximum atomic E-state index is 4.13. The van der Waals surface area contributed by atoms with Crippen LogP contribution in [0, 0.1) is 0 Å². The molecule has 0 atom stereocenters. The number of hydrogen-bond acceptors (Lipinski definition) is 4. The summed E-state index contributed by atoms with van der Waals surface area (Å²) in [6.45, 7) is 5.47. The van der Waals surface area contributed by atoms with Gasteiger partial charge in [0.15, 0.2) is 0 Å². The first-order valence-corrected chi connectivity index (χ1v) is 6.24. The summed E-state index contributed by atoms with van der Waals surface area (Å²) in [6.07, 6.45) is 5.84. The van der Waals surface area contributed by atoms with Crippen LogP contribution in [-0.2, 0) is 13.1 Å². The summed E-state index contributed by atoms with van der Waals surface area (Å²) < 4.78 is 2.15. The van der Waals surface area contributed by atoms with Crippen molar-refractivity contribution in [2.45, 2.75) is 38.4 Å². The zero-order chi connectivity index (χ0) is 10.8. The van der Waals surface area contributed by atoms with Crippen molar-refractivity contribution in [2.24, 2.45) is 0 Å². The van der Waals surface area contributed by atoms with E-state index in [1.54, 1.807) is 0 Å². The molecule has 0 amide bonds. The predicted octanol–water partition coefficient (Wildman–Crippen LogP) is 0.236. The topological polar surface area (TPSA) is 46.0 Å². The Labute approximate surface area is 95.8 Å². The van der Waals surface area contributed by atoms with Gasteiger partial charge in [-0.05, 0) is 32.4 Å². The van der Waals surface area contributed by atoms with Gasteiger partial charge in [-0.25, -0.2) is 0 Å². The highest BCUT2D eigenvalue weighted by Crippen LogP contribution is 2.18. The quantitative estimate of drug-likeness (QED) is 0.723. The van der Waals surface area contributed by atoms with Crippen LogP contribution in [0.1, 0.15) is 25.1 Å². The van der Waals surface area contributed by atoms with Crippen LogP contribution in [0.15, 0.2) is 6.33 Å². The Balaban J connectivity index is 1.39. The highest BCUT2D eigenvalue weighted by Gasteiger charge is 2.20. The van der Waals surface area contributed by atoms with Crippen molar-refractivity contribution in [2.75, 3.05) is 19.6 Å². The molecular formula is C11H19N5. The van der Waals surface area contributed by atoms with E-state index >= 15 is 0 Å². The SMILES string of the molecule is c1nnc2n1CCN(CCCNC1CC1)C2. The summed E-state index contributed by atoms with van der Waals surface area (Å²) in [6, 6.07) is 0.837. The van der Waals surface area contributed by atoms with E-state index < -0.39 is 0 Å². The van der Waals surface area contributed by atoms with Gasteiger partial charge in [-0.2, -0.15) is 0 Å². The first-order chi connectivity index (χ1) is 7.92. The zero-order valence-corrected chi connectivity index (χ0v) is 9.60. The van der Waals surface area contributed by atoms with Crippen LogP contribution in [0.25, 0.3) is 0 Å². The Morgan fingerprint density at radius 3 is 3.19 bits per heavy atom. The molecule has 1 aromatic rings. The summed E-state index contributed by atoms with van der Waals surface area (Å²) >= 11 is 0. The monoisotopic (exact) mass is 221 g/mol. The van der Waals surface area contributed by atoms with Crippen molar-refractivity contribution >= 4 is 0 Å². The Hall–Kier alpha value is -0.940. The second kappa shape index (κ2) is 4.51. The molecule has 1 aliphatic carbocycles. The average Bonchev–Trinajstić information content (AvgIpc) is 3.01. The average molecular weight is 221 g/mol. The molecule has 88 valence electrons.